The van der Waals surface area contributed by atoms with Crippen LogP contribution in [-0.2, 0) is 0 Å². The average Bonchev–Trinajstić information content (AvgIpc) is 3.09. The van der Waals surface area contributed by atoms with E-state index in [2.05, 4.69) is 9.97 Å². The van der Waals surface area contributed by atoms with Crippen molar-refractivity contribution >= 4 is 34.7 Å². The number of anilines is 1. The first-order valence-corrected chi connectivity index (χ1v) is 8.14. The van der Waals surface area contributed by atoms with Crippen LogP contribution in [0.3, 0.4) is 0 Å². The molecule has 116 valence electrons. The zero-order valence-corrected chi connectivity index (χ0v) is 13.6. The molecule has 1 saturated heterocycles. The molecule has 0 spiro atoms. The molecule has 0 unspecified atom stereocenters. The van der Waals surface area contributed by atoms with Crippen LogP contribution in [0, 0.1) is 0 Å². The number of piperazine rings is 1. The summed E-state index contributed by atoms with van der Waals surface area (Å²) >= 11 is 7.69. The third kappa shape index (κ3) is 3.00. The molecule has 0 aromatic carbocycles. The highest BCUT2D eigenvalue weighted by Crippen LogP contribution is 2.25. The fraction of sp³-hybridized carbons (Fsp3) is 0.357. The van der Waals surface area contributed by atoms with E-state index in [0.717, 1.165) is 5.56 Å². The van der Waals surface area contributed by atoms with Crippen LogP contribution in [0.5, 0.6) is 6.01 Å². The topological polar surface area (TPSA) is 58.6 Å². The number of carbonyl (C=O) groups excluding carboxylic acids is 1. The van der Waals surface area contributed by atoms with Crippen molar-refractivity contribution in [2.24, 2.45) is 0 Å². The Hall–Kier alpha value is -1.86. The molecular formula is C14H15ClN4O2S. The number of hydrogen-bond donors (Lipinski definition) is 0. The SMILES string of the molecule is COc1ncc(Cl)c(N2CCN(C(=O)c3ccsc3)CC2)n1. The lowest BCUT2D eigenvalue weighted by molar-refractivity contribution is 0.0747. The van der Waals surface area contributed by atoms with Gasteiger partial charge < -0.3 is 14.5 Å². The van der Waals surface area contributed by atoms with Crippen molar-refractivity contribution in [3.63, 3.8) is 0 Å². The van der Waals surface area contributed by atoms with E-state index in [1.165, 1.54) is 24.6 Å². The third-order valence-corrected chi connectivity index (χ3v) is 4.47. The Morgan fingerprint density at radius 3 is 2.77 bits per heavy atom. The van der Waals surface area contributed by atoms with E-state index in [4.69, 9.17) is 16.3 Å². The minimum Gasteiger partial charge on any atom is -0.467 e. The molecule has 6 nitrogen and oxygen atoms in total. The van der Waals surface area contributed by atoms with Gasteiger partial charge in [-0.3, -0.25) is 4.79 Å². The van der Waals surface area contributed by atoms with Crippen molar-refractivity contribution in [2.75, 3.05) is 38.2 Å². The van der Waals surface area contributed by atoms with Crippen LogP contribution < -0.4 is 9.64 Å². The van der Waals surface area contributed by atoms with Gasteiger partial charge in [0.25, 0.3) is 5.91 Å². The summed E-state index contributed by atoms with van der Waals surface area (Å²) in [6, 6.07) is 2.14. The zero-order valence-electron chi connectivity index (χ0n) is 12.0. The van der Waals surface area contributed by atoms with Crippen LogP contribution in [0.25, 0.3) is 0 Å². The molecule has 1 fully saturated rings. The van der Waals surface area contributed by atoms with E-state index < -0.39 is 0 Å². The summed E-state index contributed by atoms with van der Waals surface area (Å²) in [6.07, 6.45) is 1.53. The lowest BCUT2D eigenvalue weighted by Gasteiger charge is -2.35. The third-order valence-electron chi connectivity index (χ3n) is 3.52. The van der Waals surface area contributed by atoms with Gasteiger partial charge in [0, 0.05) is 31.6 Å². The number of ether oxygens (including phenoxy) is 1. The van der Waals surface area contributed by atoms with Crippen molar-refractivity contribution < 1.29 is 9.53 Å². The molecule has 0 N–H and O–H groups in total. The number of aromatic nitrogens is 2. The Morgan fingerprint density at radius 1 is 1.36 bits per heavy atom. The summed E-state index contributed by atoms with van der Waals surface area (Å²) in [5, 5.41) is 4.27. The summed E-state index contributed by atoms with van der Waals surface area (Å²) in [4.78, 5) is 24.5. The minimum atomic E-state index is 0.0762. The van der Waals surface area contributed by atoms with Crippen LogP contribution in [0.2, 0.25) is 5.02 Å². The van der Waals surface area contributed by atoms with Crippen molar-refractivity contribution in [3.8, 4) is 6.01 Å². The fourth-order valence-corrected chi connectivity index (χ4v) is 3.19. The van der Waals surface area contributed by atoms with Crippen LogP contribution >= 0.6 is 22.9 Å². The predicted molar refractivity (Wildman–Crippen MR) is 86.0 cm³/mol. The second-order valence-electron chi connectivity index (χ2n) is 4.82. The molecule has 2 aromatic heterocycles. The summed E-state index contributed by atoms with van der Waals surface area (Å²) in [6.45, 7) is 2.63. The van der Waals surface area contributed by atoms with Gasteiger partial charge in [-0.2, -0.15) is 16.3 Å². The second-order valence-corrected chi connectivity index (χ2v) is 6.01. The first-order valence-electron chi connectivity index (χ1n) is 6.82. The van der Waals surface area contributed by atoms with Crippen LogP contribution in [0.15, 0.2) is 23.0 Å². The largest absolute Gasteiger partial charge is 0.467 e. The molecule has 3 rings (SSSR count). The Kier molecular flexibility index (Phi) is 4.44. The van der Waals surface area contributed by atoms with E-state index in [9.17, 15) is 4.79 Å². The first-order chi connectivity index (χ1) is 10.7. The molecule has 3 heterocycles. The number of halogens is 1. The van der Waals surface area contributed by atoms with Gasteiger partial charge in [0.2, 0.25) is 0 Å². The van der Waals surface area contributed by atoms with E-state index >= 15 is 0 Å². The number of rotatable bonds is 3. The van der Waals surface area contributed by atoms with Gasteiger partial charge in [0.15, 0.2) is 5.82 Å². The molecule has 0 radical (unpaired) electrons. The van der Waals surface area contributed by atoms with Crippen LogP contribution in [-0.4, -0.2) is 54.1 Å². The smallest absolute Gasteiger partial charge is 0.318 e. The van der Waals surface area contributed by atoms with E-state index in [1.54, 1.807) is 0 Å². The lowest BCUT2D eigenvalue weighted by Crippen LogP contribution is -2.49. The van der Waals surface area contributed by atoms with Crippen molar-refractivity contribution in [2.45, 2.75) is 0 Å². The normalized spacial score (nSPS) is 15.0. The maximum absolute atomic E-state index is 12.3. The summed E-state index contributed by atoms with van der Waals surface area (Å²) in [5.74, 6) is 0.725. The lowest BCUT2D eigenvalue weighted by atomic mass is 10.2. The fourth-order valence-electron chi connectivity index (χ4n) is 2.35. The molecule has 0 aliphatic carbocycles. The highest BCUT2D eigenvalue weighted by molar-refractivity contribution is 7.08. The second kappa shape index (κ2) is 6.50. The average molecular weight is 339 g/mol. The van der Waals surface area contributed by atoms with Gasteiger partial charge in [-0.25, -0.2) is 4.98 Å². The van der Waals surface area contributed by atoms with Crippen molar-refractivity contribution in [1.82, 2.24) is 14.9 Å². The molecule has 1 amide bonds. The van der Waals surface area contributed by atoms with E-state index in [0.29, 0.717) is 37.0 Å². The monoisotopic (exact) mass is 338 g/mol. The molecule has 2 aromatic rings. The summed E-state index contributed by atoms with van der Waals surface area (Å²) in [5.41, 5.74) is 0.750. The molecule has 8 heteroatoms. The number of nitrogens with zero attached hydrogens (tertiary/aromatic N) is 4. The standard InChI is InChI=1S/C14H15ClN4O2S/c1-21-14-16-8-11(15)12(17-14)18-3-5-19(6-4-18)13(20)10-2-7-22-9-10/h2,7-9H,3-6H2,1H3. The van der Waals surface area contributed by atoms with Gasteiger partial charge in [0.1, 0.15) is 5.02 Å². The zero-order chi connectivity index (χ0) is 15.5. The first kappa shape index (κ1) is 15.1. The van der Waals surface area contributed by atoms with Gasteiger partial charge in [-0.05, 0) is 11.4 Å². The maximum Gasteiger partial charge on any atom is 0.318 e. The highest BCUT2D eigenvalue weighted by Gasteiger charge is 2.24. The van der Waals surface area contributed by atoms with E-state index in [1.807, 2.05) is 26.6 Å². The van der Waals surface area contributed by atoms with Gasteiger partial charge in [-0.1, -0.05) is 11.6 Å². The summed E-state index contributed by atoms with van der Waals surface area (Å²) in [7, 11) is 1.52. The van der Waals surface area contributed by atoms with Crippen LogP contribution in [0.1, 0.15) is 10.4 Å². The number of hydrogen-bond acceptors (Lipinski definition) is 6. The number of carbonyl (C=O) groups is 1. The molecular weight excluding hydrogens is 324 g/mol. The Morgan fingerprint density at radius 2 is 2.14 bits per heavy atom. The maximum atomic E-state index is 12.3. The highest BCUT2D eigenvalue weighted by atomic mass is 35.5. The van der Waals surface area contributed by atoms with Crippen LogP contribution in [0.4, 0.5) is 5.82 Å². The van der Waals surface area contributed by atoms with E-state index in [-0.39, 0.29) is 11.9 Å². The number of methoxy groups -OCH3 is 1. The number of thiophene rings is 1. The Balaban J connectivity index is 1.68. The molecule has 1 aliphatic heterocycles. The van der Waals surface area contributed by atoms with Gasteiger partial charge in [0.05, 0.1) is 18.9 Å². The quantitative estimate of drug-likeness (QED) is 0.858. The molecule has 0 bridgehead atoms. The molecule has 22 heavy (non-hydrogen) atoms. The predicted octanol–water partition coefficient (Wildman–Crippen LogP) is 2.16. The summed E-state index contributed by atoms with van der Waals surface area (Å²) < 4.78 is 5.04. The Bertz CT molecular complexity index is 657. The number of amides is 1. The minimum absolute atomic E-state index is 0.0762. The molecule has 1 aliphatic rings. The van der Waals surface area contributed by atoms with Gasteiger partial charge >= 0.3 is 6.01 Å². The molecule has 0 saturated carbocycles. The van der Waals surface area contributed by atoms with Crippen molar-refractivity contribution in [3.05, 3.63) is 33.6 Å². The van der Waals surface area contributed by atoms with Crippen molar-refractivity contribution in [1.29, 1.82) is 0 Å². The van der Waals surface area contributed by atoms with Gasteiger partial charge in [-0.15, -0.1) is 0 Å². The molecule has 0 atom stereocenters. The Labute approximate surface area is 137 Å².